The van der Waals surface area contributed by atoms with Crippen LogP contribution in [-0.2, 0) is 14.3 Å². The predicted octanol–water partition coefficient (Wildman–Crippen LogP) is 3.79. The van der Waals surface area contributed by atoms with Gasteiger partial charge in [0.1, 0.15) is 5.75 Å². The third kappa shape index (κ3) is 6.35. The summed E-state index contributed by atoms with van der Waals surface area (Å²) in [6.45, 7) is -1.47. The lowest BCUT2D eigenvalue weighted by atomic mass is 10.1. The Morgan fingerprint density at radius 1 is 1.12 bits per heavy atom. The number of alkyl halides is 2. The van der Waals surface area contributed by atoms with Crippen molar-refractivity contribution < 1.29 is 27.8 Å². The van der Waals surface area contributed by atoms with Crippen molar-refractivity contribution in [2.24, 2.45) is 0 Å². The van der Waals surface area contributed by atoms with E-state index >= 15 is 0 Å². The molecule has 0 unspecified atom stereocenters. The molecule has 0 radical (unpaired) electrons. The number of hydrogen-bond acceptors (Lipinski definition) is 4. The lowest BCUT2D eigenvalue weighted by Crippen LogP contribution is -2.20. The number of carbonyl (C=O) groups excluding carboxylic acids is 2. The van der Waals surface area contributed by atoms with Crippen LogP contribution in [0.5, 0.6) is 5.75 Å². The highest BCUT2D eigenvalue weighted by Crippen LogP contribution is 2.17. The molecular weight excluding hydrogens is 344 g/mol. The van der Waals surface area contributed by atoms with Crippen molar-refractivity contribution >= 4 is 23.6 Å². The molecule has 2 aromatic rings. The van der Waals surface area contributed by atoms with Crippen LogP contribution < -0.4 is 10.1 Å². The molecule has 0 bridgehead atoms. The fourth-order valence-corrected chi connectivity index (χ4v) is 2.03. The molecule has 26 heavy (non-hydrogen) atoms. The Hall–Kier alpha value is -3.22. The minimum atomic E-state index is -2.91. The lowest BCUT2D eigenvalue weighted by Gasteiger charge is -2.07. The second-order valence-electron chi connectivity index (χ2n) is 5.25. The zero-order valence-corrected chi connectivity index (χ0v) is 13.9. The van der Waals surface area contributed by atoms with Gasteiger partial charge < -0.3 is 14.8 Å². The Bertz CT molecular complexity index is 788. The van der Waals surface area contributed by atoms with Crippen LogP contribution in [0.15, 0.2) is 54.6 Å². The average molecular weight is 361 g/mol. The summed E-state index contributed by atoms with van der Waals surface area (Å²) in [7, 11) is 0. The number of halogens is 2. The quantitative estimate of drug-likeness (QED) is 0.602. The SMILES string of the molecule is Cc1ccccc1/C=C/C(=O)OCC(=O)Nc1ccc(OC(F)F)cc1. The molecule has 0 spiro atoms. The zero-order valence-electron chi connectivity index (χ0n) is 13.9. The first kappa shape index (κ1) is 19.1. The Labute approximate surface area is 149 Å². The standard InChI is InChI=1S/C19H17F2NO4/c1-13-4-2-3-5-14(13)6-11-18(24)25-12-17(23)22-15-7-9-16(10-8-15)26-19(20)21/h2-11,19H,12H2,1H3,(H,22,23)/b11-6+. The molecule has 1 amide bonds. The van der Waals surface area contributed by atoms with Gasteiger partial charge in [-0.1, -0.05) is 24.3 Å². The first-order valence-corrected chi connectivity index (χ1v) is 7.69. The molecule has 0 aliphatic rings. The minimum absolute atomic E-state index is 0.0224. The van der Waals surface area contributed by atoms with Crippen LogP contribution >= 0.6 is 0 Å². The summed E-state index contributed by atoms with van der Waals surface area (Å²) >= 11 is 0. The van der Waals surface area contributed by atoms with Crippen LogP contribution in [-0.4, -0.2) is 25.1 Å². The van der Waals surface area contributed by atoms with Gasteiger partial charge in [-0.15, -0.1) is 0 Å². The summed E-state index contributed by atoms with van der Waals surface area (Å²) in [6, 6.07) is 12.9. The van der Waals surface area contributed by atoms with Crippen molar-refractivity contribution in [2.45, 2.75) is 13.5 Å². The number of ether oxygens (including phenoxy) is 2. The fraction of sp³-hybridized carbons (Fsp3) is 0.158. The number of benzene rings is 2. The van der Waals surface area contributed by atoms with Crippen molar-refractivity contribution in [3.05, 3.63) is 65.7 Å². The van der Waals surface area contributed by atoms with Crippen LogP contribution in [0.3, 0.4) is 0 Å². The molecular formula is C19H17F2NO4. The molecule has 0 atom stereocenters. The molecule has 7 heteroatoms. The first-order valence-electron chi connectivity index (χ1n) is 7.69. The van der Waals surface area contributed by atoms with Gasteiger partial charge >= 0.3 is 12.6 Å². The number of aryl methyl sites for hydroxylation is 1. The Morgan fingerprint density at radius 2 is 1.81 bits per heavy atom. The van der Waals surface area contributed by atoms with E-state index in [1.165, 1.54) is 30.3 Å². The van der Waals surface area contributed by atoms with Gasteiger partial charge in [-0.25, -0.2) is 4.79 Å². The molecule has 5 nitrogen and oxygen atoms in total. The first-order chi connectivity index (χ1) is 12.4. The van der Waals surface area contributed by atoms with Crippen LogP contribution in [0.1, 0.15) is 11.1 Å². The molecule has 0 aromatic heterocycles. The molecule has 0 heterocycles. The van der Waals surface area contributed by atoms with Crippen LogP contribution in [0.4, 0.5) is 14.5 Å². The largest absolute Gasteiger partial charge is 0.452 e. The van der Waals surface area contributed by atoms with E-state index in [0.717, 1.165) is 11.1 Å². The Kier molecular flexibility index (Phi) is 6.84. The van der Waals surface area contributed by atoms with E-state index in [9.17, 15) is 18.4 Å². The van der Waals surface area contributed by atoms with Gasteiger partial charge in [0.05, 0.1) is 0 Å². The number of rotatable bonds is 7. The van der Waals surface area contributed by atoms with Crippen molar-refractivity contribution in [1.29, 1.82) is 0 Å². The third-order valence-electron chi connectivity index (χ3n) is 3.30. The Morgan fingerprint density at radius 3 is 2.46 bits per heavy atom. The summed E-state index contributed by atoms with van der Waals surface area (Å²) in [4.78, 5) is 23.4. The van der Waals surface area contributed by atoms with Gasteiger partial charge in [-0.3, -0.25) is 4.79 Å². The maximum Gasteiger partial charge on any atom is 0.387 e. The van der Waals surface area contributed by atoms with Crippen LogP contribution in [0.2, 0.25) is 0 Å². The summed E-state index contributed by atoms with van der Waals surface area (Å²) in [5.74, 6) is -1.22. The smallest absolute Gasteiger partial charge is 0.387 e. The van der Waals surface area contributed by atoms with Crippen molar-refractivity contribution in [3.63, 3.8) is 0 Å². The highest BCUT2D eigenvalue weighted by Gasteiger charge is 2.07. The molecule has 0 fully saturated rings. The monoisotopic (exact) mass is 361 g/mol. The predicted molar refractivity (Wildman–Crippen MR) is 92.9 cm³/mol. The fourth-order valence-electron chi connectivity index (χ4n) is 2.03. The maximum absolute atomic E-state index is 12.1. The summed E-state index contributed by atoms with van der Waals surface area (Å²) in [5, 5.41) is 2.48. The molecule has 0 aliphatic heterocycles. The van der Waals surface area contributed by atoms with E-state index in [1.54, 1.807) is 6.08 Å². The molecule has 2 aromatic carbocycles. The van der Waals surface area contributed by atoms with Gasteiger partial charge in [-0.2, -0.15) is 8.78 Å². The van der Waals surface area contributed by atoms with E-state index in [4.69, 9.17) is 4.74 Å². The van der Waals surface area contributed by atoms with Crippen molar-refractivity contribution in [1.82, 2.24) is 0 Å². The number of carbonyl (C=O) groups is 2. The molecule has 0 saturated carbocycles. The summed E-state index contributed by atoms with van der Waals surface area (Å²) < 4.78 is 33.2. The molecule has 2 rings (SSSR count). The third-order valence-corrected chi connectivity index (χ3v) is 3.30. The van der Waals surface area contributed by atoms with E-state index < -0.39 is 25.1 Å². The van der Waals surface area contributed by atoms with Crippen molar-refractivity contribution in [3.8, 4) is 5.75 Å². The van der Waals surface area contributed by atoms with Gasteiger partial charge in [0.2, 0.25) is 0 Å². The zero-order chi connectivity index (χ0) is 18.9. The highest BCUT2D eigenvalue weighted by molar-refractivity contribution is 5.94. The van der Waals surface area contributed by atoms with Crippen LogP contribution in [0.25, 0.3) is 6.08 Å². The average Bonchev–Trinajstić information content (AvgIpc) is 2.60. The number of anilines is 1. The normalized spacial score (nSPS) is 10.8. The summed E-state index contributed by atoms with van der Waals surface area (Å²) in [6.07, 6.45) is 2.85. The van der Waals surface area contributed by atoms with E-state index in [-0.39, 0.29) is 5.75 Å². The second-order valence-corrected chi connectivity index (χ2v) is 5.25. The second kappa shape index (κ2) is 9.31. The van der Waals surface area contributed by atoms with Crippen molar-refractivity contribution in [2.75, 3.05) is 11.9 Å². The van der Waals surface area contributed by atoms with E-state index in [1.807, 2.05) is 31.2 Å². The topological polar surface area (TPSA) is 64.6 Å². The van der Waals surface area contributed by atoms with Gasteiger partial charge in [0.25, 0.3) is 5.91 Å². The highest BCUT2D eigenvalue weighted by atomic mass is 19.3. The number of amides is 1. The van der Waals surface area contributed by atoms with Gasteiger partial charge in [0.15, 0.2) is 6.61 Å². The number of esters is 1. The van der Waals surface area contributed by atoms with E-state index in [0.29, 0.717) is 5.69 Å². The van der Waals surface area contributed by atoms with Gasteiger partial charge in [-0.05, 0) is 48.4 Å². The molecule has 0 aliphatic carbocycles. The Balaban J connectivity index is 1.79. The van der Waals surface area contributed by atoms with E-state index in [2.05, 4.69) is 10.1 Å². The number of hydrogen-bond donors (Lipinski definition) is 1. The van der Waals surface area contributed by atoms with Gasteiger partial charge in [0, 0.05) is 11.8 Å². The lowest BCUT2D eigenvalue weighted by molar-refractivity contribution is -0.142. The minimum Gasteiger partial charge on any atom is -0.452 e. The number of nitrogens with one attached hydrogen (secondary N) is 1. The van der Waals surface area contributed by atoms with Crippen LogP contribution in [0, 0.1) is 6.92 Å². The molecule has 136 valence electrons. The molecule has 1 N–H and O–H groups in total. The maximum atomic E-state index is 12.1. The summed E-state index contributed by atoms with van der Waals surface area (Å²) in [5.41, 5.74) is 2.25. The molecule has 0 saturated heterocycles.